The summed E-state index contributed by atoms with van der Waals surface area (Å²) in [6.45, 7) is 3.99. The third-order valence-electron chi connectivity index (χ3n) is 4.73. The molecule has 116 valence electrons. The second-order valence-corrected chi connectivity index (χ2v) is 6.13. The highest BCUT2D eigenvalue weighted by Gasteiger charge is 2.23. The second kappa shape index (κ2) is 5.63. The van der Waals surface area contributed by atoms with Crippen molar-refractivity contribution in [3.05, 3.63) is 75.8 Å². The summed E-state index contributed by atoms with van der Waals surface area (Å²) in [6, 6.07) is 16.1. The first-order valence-electron chi connectivity index (χ1n) is 8.02. The Hall–Kier alpha value is -2.46. The van der Waals surface area contributed by atoms with E-state index in [2.05, 4.69) is 46.1 Å². The topological polar surface area (TPSA) is 49.0 Å². The quantitative estimate of drug-likeness (QED) is 0.791. The number of aromatic nitrogens is 2. The first-order valence-corrected chi connectivity index (χ1v) is 8.02. The summed E-state index contributed by atoms with van der Waals surface area (Å²) in [5.41, 5.74) is 3.50. The Morgan fingerprint density at radius 1 is 1.09 bits per heavy atom. The Labute approximate surface area is 134 Å². The first-order chi connectivity index (χ1) is 11.2. The standard InChI is InChI=1S/C19H19N3O/c1-13(22-11-10-14-6-2-3-7-15(14)12-22)18-20-17-9-5-4-8-16(17)19(23)21-18/h2-9,13H,10-12H2,1H3,(H,20,21,23)/t13-/m1/s1. The molecule has 4 nitrogen and oxygen atoms in total. The van der Waals surface area contributed by atoms with Crippen molar-refractivity contribution in [1.29, 1.82) is 0 Å². The van der Waals surface area contributed by atoms with Gasteiger partial charge in [-0.05, 0) is 36.6 Å². The Morgan fingerprint density at radius 3 is 2.70 bits per heavy atom. The van der Waals surface area contributed by atoms with Crippen LogP contribution in [0.4, 0.5) is 0 Å². The molecule has 1 N–H and O–H groups in total. The molecular weight excluding hydrogens is 286 g/mol. The maximum atomic E-state index is 12.3. The molecule has 0 saturated heterocycles. The Morgan fingerprint density at radius 2 is 1.83 bits per heavy atom. The number of nitrogens with zero attached hydrogens (tertiary/aromatic N) is 2. The Bertz CT molecular complexity index is 916. The van der Waals surface area contributed by atoms with Gasteiger partial charge in [0.05, 0.1) is 16.9 Å². The van der Waals surface area contributed by atoms with E-state index in [1.165, 1.54) is 11.1 Å². The predicted molar refractivity (Wildman–Crippen MR) is 91.3 cm³/mol. The maximum absolute atomic E-state index is 12.3. The lowest BCUT2D eigenvalue weighted by atomic mass is 9.99. The lowest BCUT2D eigenvalue weighted by molar-refractivity contribution is 0.185. The molecule has 0 bridgehead atoms. The van der Waals surface area contributed by atoms with E-state index in [1.54, 1.807) is 0 Å². The Kier molecular flexibility index (Phi) is 3.46. The van der Waals surface area contributed by atoms with Gasteiger partial charge >= 0.3 is 0 Å². The number of aromatic amines is 1. The lowest BCUT2D eigenvalue weighted by Gasteiger charge is -2.33. The average Bonchev–Trinajstić information content (AvgIpc) is 2.60. The number of para-hydroxylation sites is 1. The van der Waals surface area contributed by atoms with Crippen LogP contribution in [0, 0.1) is 0 Å². The summed E-state index contributed by atoms with van der Waals surface area (Å²) in [5, 5.41) is 0.646. The fourth-order valence-corrected chi connectivity index (χ4v) is 3.32. The third kappa shape index (κ3) is 2.55. The van der Waals surface area contributed by atoms with Crippen LogP contribution in [0.1, 0.15) is 29.9 Å². The van der Waals surface area contributed by atoms with Crippen LogP contribution in [0.5, 0.6) is 0 Å². The van der Waals surface area contributed by atoms with E-state index in [9.17, 15) is 4.79 Å². The van der Waals surface area contributed by atoms with Gasteiger partial charge in [-0.3, -0.25) is 9.69 Å². The van der Waals surface area contributed by atoms with Crippen LogP contribution in [0.2, 0.25) is 0 Å². The van der Waals surface area contributed by atoms with Gasteiger partial charge in [-0.2, -0.15) is 0 Å². The van der Waals surface area contributed by atoms with Gasteiger partial charge in [-0.1, -0.05) is 36.4 Å². The maximum Gasteiger partial charge on any atom is 0.258 e. The molecule has 4 rings (SSSR count). The molecule has 0 saturated carbocycles. The summed E-state index contributed by atoms with van der Waals surface area (Å²) < 4.78 is 0. The van der Waals surface area contributed by atoms with Crippen LogP contribution in [-0.4, -0.2) is 21.4 Å². The fraction of sp³-hybridized carbons (Fsp3) is 0.263. The molecule has 1 aromatic heterocycles. The number of hydrogen-bond acceptors (Lipinski definition) is 3. The van der Waals surface area contributed by atoms with Crippen LogP contribution in [0.3, 0.4) is 0 Å². The molecule has 1 aliphatic heterocycles. The molecule has 2 heterocycles. The molecule has 0 fully saturated rings. The normalized spacial score (nSPS) is 16.2. The minimum atomic E-state index is -0.0603. The van der Waals surface area contributed by atoms with E-state index in [0.717, 1.165) is 30.9 Å². The van der Waals surface area contributed by atoms with Crippen molar-refractivity contribution >= 4 is 10.9 Å². The van der Waals surface area contributed by atoms with Gasteiger partial charge in [0.1, 0.15) is 5.82 Å². The van der Waals surface area contributed by atoms with Gasteiger partial charge in [0.15, 0.2) is 0 Å². The van der Waals surface area contributed by atoms with Crippen LogP contribution in [0.15, 0.2) is 53.3 Å². The molecule has 0 radical (unpaired) electrons. The van der Waals surface area contributed by atoms with Crippen molar-refractivity contribution in [3.8, 4) is 0 Å². The first kappa shape index (κ1) is 14.2. The van der Waals surface area contributed by atoms with Gasteiger partial charge in [0, 0.05) is 13.1 Å². The SMILES string of the molecule is C[C@H](c1nc2ccccc2c(=O)[nH]1)N1CCc2ccccc2C1. The molecule has 1 aliphatic rings. The van der Waals surface area contributed by atoms with Crippen molar-refractivity contribution in [2.75, 3.05) is 6.54 Å². The largest absolute Gasteiger partial charge is 0.309 e. The molecule has 0 unspecified atom stereocenters. The smallest absolute Gasteiger partial charge is 0.258 e. The van der Waals surface area contributed by atoms with E-state index in [1.807, 2.05) is 24.3 Å². The van der Waals surface area contributed by atoms with E-state index < -0.39 is 0 Å². The van der Waals surface area contributed by atoms with Gasteiger partial charge in [0.25, 0.3) is 5.56 Å². The van der Waals surface area contributed by atoms with E-state index >= 15 is 0 Å². The van der Waals surface area contributed by atoms with Crippen LogP contribution >= 0.6 is 0 Å². The van der Waals surface area contributed by atoms with Gasteiger partial charge in [-0.25, -0.2) is 4.98 Å². The molecule has 23 heavy (non-hydrogen) atoms. The van der Waals surface area contributed by atoms with Crippen LogP contribution < -0.4 is 5.56 Å². The number of benzene rings is 2. The number of hydrogen-bond donors (Lipinski definition) is 1. The summed E-state index contributed by atoms with van der Waals surface area (Å²) in [5.74, 6) is 0.744. The fourth-order valence-electron chi connectivity index (χ4n) is 3.32. The monoisotopic (exact) mass is 305 g/mol. The van der Waals surface area contributed by atoms with Gasteiger partial charge in [-0.15, -0.1) is 0 Å². The summed E-state index contributed by atoms with van der Waals surface area (Å²) >= 11 is 0. The summed E-state index contributed by atoms with van der Waals surface area (Å²) in [4.78, 5) is 22.3. The van der Waals surface area contributed by atoms with E-state index in [0.29, 0.717) is 5.39 Å². The minimum Gasteiger partial charge on any atom is -0.309 e. The predicted octanol–water partition coefficient (Wildman–Crippen LogP) is 3.04. The highest BCUT2D eigenvalue weighted by atomic mass is 16.1. The van der Waals surface area contributed by atoms with Crippen molar-refractivity contribution in [2.45, 2.75) is 25.9 Å². The highest BCUT2D eigenvalue weighted by Crippen LogP contribution is 2.26. The molecular formula is C19H19N3O. The number of nitrogens with one attached hydrogen (secondary N) is 1. The highest BCUT2D eigenvalue weighted by molar-refractivity contribution is 5.77. The second-order valence-electron chi connectivity index (χ2n) is 6.13. The average molecular weight is 305 g/mol. The molecule has 3 aromatic rings. The number of rotatable bonds is 2. The molecule has 2 aromatic carbocycles. The van der Waals surface area contributed by atoms with Crippen molar-refractivity contribution in [1.82, 2.24) is 14.9 Å². The van der Waals surface area contributed by atoms with Crippen molar-refractivity contribution in [3.63, 3.8) is 0 Å². The van der Waals surface area contributed by atoms with E-state index in [-0.39, 0.29) is 11.6 Å². The minimum absolute atomic E-state index is 0.0603. The number of H-pyrrole nitrogens is 1. The molecule has 0 spiro atoms. The zero-order valence-electron chi connectivity index (χ0n) is 13.1. The van der Waals surface area contributed by atoms with Crippen molar-refractivity contribution < 1.29 is 0 Å². The Balaban J connectivity index is 1.67. The number of fused-ring (bicyclic) bond motifs is 2. The third-order valence-corrected chi connectivity index (χ3v) is 4.73. The molecule has 0 aliphatic carbocycles. The molecule has 1 atom stereocenters. The lowest BCUT2D eigenvalue weighted by Crippen LogP contribution is -2.34. The molecule has 0 amide bonds. The zero-order chi connectivity index (χ0) is 15.8. The zero-order valence-corrected chi connectivity index (χ0v) is 13.1. The van der Waals surface area contributed by atoms with Crippen molar-refractivity contribution in [2.24, 2.45) is 0 Å². The van der Waals surface area contributed by atoms with Crippen LogP contribution in [0.25, 0.3) is 10.9 Å². The summed E-state index contributed by atoms with van der Waals surface area (Å²) in [7, 11) is 0. The molecule has 4 heteroatoms. The van der Waals surface area contributed by atoms with Gasteiger partial charge < -0.3 is 4.98 Å². The van der Waals surface area contributed by atoms with Gasteiger partial charge in [0.2, 0.25) is 0 Å². The summed E-state index contributed by atoms with van der Waals surface area (Å²) in [6.07, 6.45) is 1.04. The van der Waals surface area contributed by atoms with Crippen LogP contribution in [-0.2, 0) is 13.0 Å². The van der Waals surface area contributed by atoms with E-state index in [4.69, 9.17) is 0 Å².